The standard InChI is InChI=1S/C20H23N5O2/c1-26-17-5-3-4-16(19(17)27-2)20-23-10-13-25(20)15-6-11-24(12-7-15)18-14-21-8-9-22-18/h3-5,8-10,13-15H,6-7,11-12H2,1-2H3. The average Bonchev–Trinajstić information content (AvgIpc) is 3.23. The lowest BCUT2D eigenvalue weighted by Gasteiger charge is -2.33. The summed E-state index contributed by atoms with van der Waals surface area (Å²) in [4.78, 5) is 15.5. The summed E-state index contributed by atoms with van der Waals surface area (Å²) in [5, 5.41) is 0. The van der Waals surface area contributed by atoms with E-state index in [4.69, 9.17) is 9.47 Å². The Bertz CT molecular complexity index is 888. The van der Waals surface area contributed by atoms with Gasteiger partial charge in [-0.1, -0.05) is 6.07 Å². The molecule has 27 heavy (non-hydrogen) atoms. The van der Waals surface area contributed by atoms with Crippen LogP contribution in [0.2, 0.25) is 0 Å². The van der Waals surface area contributed by atoms with Crippen molar-refractivity contribution in [1.82, 2.24) is 19.5 Å². The van der Waals surface area contributed by atoms with Gasteiger partial charge in [-0.15, -0.1) is 0 Å². The molecule has 3 heterocycles. The van der Waals surface area contributed by atoms with Crippen LogP contribution in [0.3, 0.4) is 0 Å². The van der Waals surface area contributed by atoms with Crippen molar-refractivity contribution in [3.63, 3.8) is 0 Å². The zero-order valence-electron chi connectivity index (χ0n) is 15.6. The van der Waals surface area contributed by atoms with E-state index in [2.05, 4.69) is 30.6 Å². The first-order valence-corrected chi connectivity index (χ1v) is 9.07. The first kappa shape index (κ1) is 17.3. The third-order valence-corrected chi connectivity index (χ3v) is 5.04. The van der Waals surface area contributed by atoms with Gasteiger partial charge in [0.15, 0.2) is 11.5 Å². The topological polar surface area (TPSA) is 65.3 Å². The molecule has 1 saturated heterocycles. The minimum absolute atomic E-state index is 0.381. The molecule has 0 spiro atoms. The van der Waals surface area contributed by atoms with E-state index in [1.165, 1.54) is 0 Å². The molecule has 0 aliphatic carbocycles. The van der Waals surface area contributed by atoms with Crippen molar-refractivity contribution in [2.45, 2.75) is 18.9 Å². The van der Waals surface area contributed by atoms with Crippen LogP contribution in [0.4, 0.5) is 5.82 Å². The molecule has 1 fully saturated rings. The van der Waals surface area contributed by atoms with Crippen LogP contribution in [-0.4, -0.2) is 46.8 Å². The number of aromatic nitrogens is 4. The Hall–Kier alpha value is -3.09. The highest BCUT2D eigenvalue weighted by Crippen LogP contribution is 2.39. The zero-order chi connectivity index (χ0) is 18.6. The number of benzene rings is 1. The van der Waals surface area contributed by atoms with Crippen molar-refractivity contribution in [2.75, 3.05) is 32.2 Å². The van der Waals surface area contributed by atoms with Gasteiger partial charge in [0.25, 0.3) is 0 Å². The van der Waals surface area contributed by atoms with Crippen LogP contribution in [-0.2, 0) is 0 Å². The number of para-hydroxylation sites is 1. The van der Waals surface area contributed by atoms with Crippen molar-refractivity contribution < 1.29 is 9.47 Å². The first-order valence-electron chi connectivity index (χ1n) is 9.07. The van der Waals surface area contributed by atoms with Crippen LogP contribution in [0.1, 0.15) is 18.9 Å². The normalized spacial score (nSPS) is 15.0. The smallest absolute Gasteiger partial charge is 0.171 e. The third kappa shape index (κ3) is 3.32. The number of hydrogen-bond donors (Lipinski definition) is 0. The Kier molecular flexibility index (Phi) is 4.91. The van der Waals surface area contributed by atoms with Gasteiger partial charge >= 0.3 is 0 Å². The van der Waals surface area contributed by atoms with Crippen molar-refractivity contribution in [3.8, 4) is 22.9 Å². The van der Waals surface area contributed by atoms with E-state index in [0.717, 1.165) is 43.1 Å². The Morgan fingerprint density at radius 1 is 1.00 bits per heavy atom. The number of nitrogens with zero attached hydrogens (tertiary/aromatic N) is 5. The molecule has 0 bridgehead atoms. The third-order valence-electron chi connectivity index (χ3n) is 5.04. The fourth-order valence-electron chi connectivity index (χ4n) is 3.71. The molecule has 1 aliphatic rings. The molecule has 0 N–H and O–H groups in total. The lowest BCUT2D eigenvalue weighted by atomic mass is 10.0. The first-order chi connectivity index (χ1) is 13.3. The van der Waals surface area contributed by atoms with Gasteiger partial charge < -0.3 is 18.9 Å². The maximum atomic E-state index is 5.61. The Morgan fingerprint density at radius 2 is 1.85 bits per heavy atom. The molecule has 4 rings (SSSR count). The van der Waals surface area contributed by atoms with Gasteiger partial charge in [0.05, 0.1) is 26.0 Å². The predicted octanol–water partition coefficient (Wildman–Crippen LogP) is 3.20. The molecule has 0 saturated carbocycles. The van der Waals surface area contributed by atoms with Gasteiger partial charge in [0, 0.05) is 43.9 Å². The fourth-order valence-corrected chi connectivity index (χ4v) is 3.71. The van der Waals surface area contributed by atoms with E-state index in [0.29, 0.717) is 17.5 Å². The summed E-state index contributed by atoms with van der Waals surface area (Å²) in [6.07, 6.45) is 11.2. The van der Waals surface area contributed by atoms with Gasteiger partial charge in [-0.05, 0) is 25.0 Å². The minimum atomic E-state index is 0.381. The highest BCUT2D eigenvalue weighted by Gasteiger charge is 2.25. The van der Waals surface area contributed by atoms with E-state index >= 15 is 0 Å². The SMILES string of the molecule is COc1cccc(-c2nccn2C2CCN(c3cnccn3)CC2)c1OC. The average molecular weight is 365 g/mol. The Morgan fingerprint density at radius 3 is 2.56 bits per heavy atom. The highest BCUT2D eigenvalue weighted by atomic mass is 16.5. The second kappa shape index (κ2) is 7.65. The van der Waals surface area contributed by atoms with Crippen molar-refractivity contribution in [1.29, 1.82) is 0 Å². The summed E-state index contributed by atoms with van der Waals surface area (Å²) in [6, 6.07) is 6.27. The van der Waals surface area contributed by atoms with Crippen LogP contribution < -0.4 is 14.4 Å². The zero-order valence-corrected chi connectivity index (χ0v) is 15.6. The van der Waals surface area contributed by atoms with E-state index in [-0.39, 0.29) is 0 Å². The molecule has 140 valence electrons. The molecule has 3 aromatic rings. The molecular formula is C20H23N5O2. The van der Waals surface area contributed by atoms with Gasteiger partial charge in [-0.3, -0.25) is 4.98 Å². The van der Waals surface area contributed by atoms with Gasteiger partial charge in [-0.2, -0.15) is 0 Å². The monoisotopic (exact) mass is 365 g/mol. The highest BCUT2D eigenvalue weighted by molar-refractivity contribution is 5.69. The molecule has 0 atom stereocenters. The van der Waals surface area contributed by atoms with E-state index in [9.17, 15) is 0 Å². The molecule has 2 aromatic heterocycles. The van der Waals surface area contributed by atoms with Crippen LogP contribution in [0.15, 0.2) is 49.2 Å². The largest absolute Gasteiger partial charge is 0.493 e. The van der Waals surface area contributed by atoms with Crippen LogP contribution in [0.5, 0.6) is 11.5 Å². The molecule has 0 unspecified atom stereocenters. The molecule has 7 nitrogen and oxygen atoms in total. The number of piperidine rings is 1. The molecule has 7 heteroatoms. The molecule has 1 aromatic carbocycles. The van der Waals surface area contributed by atoms with Crippen molar-refractivity contribution in [3.05, 3.63) is 49.2 Å². The maximum absolute atomic E-state index is 5.61. The van der Waals surface area contributed by atoms with Crippen LogP contribution in [0.25, 0.3) is 11.4 Å². The van der Waals surface area contributed by atoms with Gasteiger partial charge in [0.2, 0.25) is 0 Å². The van der Waals surface area contributed by atoms with Crippen LogP contribution >= 0.6 is 0 Å². The minimum Gasteiger partial charge on any atom is -0.493 e. The number of rotatable bonds is 5. The van der Waals surface area contributed by atoms with Gasteiger partial charge in [-0.25, -0.2) is 9.97 Å². The number of anilines is 1. The van der Waals surface area contributed by atoms with E-state index in [1.54, 1.807) is 26.6 Å². The number of imidazole rings is 1. The summed E-state index contributed by atoms with van der Waals surface area (Å²) >= 11 is 0. The summed E-state index contributed by atoms with van der Waals surface area (Å²) in [5.74, 6) is 3.27. The lowest BCUT2D eigenvalue weighted by molar-refractivity contribution is 0.355. The predicted molar refractivity (Wildman–Crippen MR) is 103 cm³/mol. The molecule has 0 amide bonds. The van der Waals surface area contributed by atoms with E-state index < -0.39 is 0 Å². The summed E-state index contributed by atoms with van der Waals surface area (Å²) in [6.45, 7) is 1.88. The lowest BCUT2D eigenvalue weighted by Crippen LogP contribution is -2.35. The summed E-state index contributed by atoms with van der Waals surface area (Å²) in [7, 11) is 3.31. The number of methoxy groups -OCH3 is 2. The Balaban J connectivity index is 1.57. The van der Waals surface area contributed by atoms with Crippen LogP contribution in [0, 0.1) is 0 Å². The molecular weight excluding hydrogens is 342 g/mol. The fraction of sp³-hybridized carbons (Fsp3) is 0.350. The van der Waals surface area contributed by atoms with Crippen molar-refractivity contribution in [2.24, 2.45) is 0 Å². The number of ether oxygens (including phenoxy) is 2. The second-order valence-corrected chi connectivity index (χ2v) is 6.48. The van der Waals surface area contributed by atoms with Gasteiger partial charge in [0.1, 0.15) is 11.6 Å². The van der Waals surface area contributed by atoms with E-state index in [1.807, 2.05) is 30.6 Å². The summed E-state index contributed by atoms with van der Waals surface area (Å²) in [5.41, 5.74) is 0.943. The van der Waals surface area contributed by atoms with Crippen molar-refractivity contribution >= 4 is 5.82 Å². The molecule has 0 radical (unpaired) electrons. The molecule has 1 aliphatic heterocycles. The Labute approximate surface area is 158 Å². The number of hydrogen-bond acceptors (Lipinski definition) is 6. The second-order valence-electron chi connectivity index (χ2n) is 6.48. The maximum Gasteiger partial charge on any atom is 0.171 e. The quantitative estimate of drug-likeness (QED) is 0.692. The summed E-state index contributed by atoms with van der Waals surface area (Å²) < 4.78 is 13.3.